The van der Waals surface area contributed by atoms with E-state index in [-0.39, 0.29) is 0 Å². The summed E-state index contributed by atoms with van der Waals surface area (Å²) >= 11 is 0. The molecule has 5 nitrogen and oxygen atoms in total. The molecular formula is C21H23F3N2O3. The van der Waals surface area contributed by atoms with Crippen molar-refractivity contribution in [3.05, 3.63) is 54.1 Å². The molecule has 1 aromatic heterocycles. The highest BCUT2D eigenvalue weighted by atomic mass is 19.4. The number of aromatic nitrogens is 1. The fourth-order valence-electron chi connectivity index (χ4n) is 2.77. The number of benzene rings is 2. The Balaban J connectivity index is 1.44. The van der Waals surface area contributed by atoms with Crippen LogP contribution < -0.4 is 9.64 Å². The summed E-state index contributed by atoms with van der Waals surface area (Å²) in [5.41, 5.74) is 2.43. The lowest BCUT2D eigenvalue weighted by Crippen LogP contribution is -2.24. The van der Waals surface area contributed by atoms with Crippen LogP contribution in [0.25, 0.3) is 11.1 Å². The third-order valence-corrected chi connectivity index (χ3v) is 4.28. The predicted molar refractivity (Wildman–Crippen MR) is 104 cm³/mol. The first kappa shape index (κ1) is 21.0. The lowest BCUT2D eigenvalue weighted by atomic mass is 10.1. The van der Waals surface area contributed by atoms with E-state index in [9.17, 15) is 13.2 Å². The molecule has 0 amide bonds. The van der Waals surface area contributed by atoms with Crippen molar-refractivity contribution in [1.29, 1.82) is 0 Å². The van der Waals surface area contributed by atoms with Crippen molar-refractivity contribution in [2.24, 2.45) is 0 Å². The van der Waals surface area contributed by atoms with Crippen LogP contribution in [-0.4, -0.2) is 44.1 Å². The molecule has 0 saturated carbocycles. The lowest BCUT2D eigenvalue weighted by molar-refractivity contribution is -0.183. The summed E-state index contributed by atoms with van der Waals surface area (Å²) in [6.45, 7) is 1.40. The molecular weight excluding hydrogens is 385 g/mol. The third kappa shape index (κ3) is 6.39. The first-order valence-corrected chi connectivity index (χ1v) is 9.27. The minimum absolute atomic E-state index is 0.400. The number of alkyl halides is 3. The number of oxazole rings is 1. The average molecular weight is 408 g/mol. The Hall–Kier alpha value is -2.74. The van der Waals surface area contributed by atoms with Gasteiger partial charge in [0.25, 0.3) is 6.01 Å². The van der Waals surface area contributed by atoms with Crippen LogP contribution in [0.3, 0.4) is 0 Å². The minimum Gasteiger partial charge on any atom is -0.492 e. The maximum absolute atomic E-state index is 12.2. The van der Waals surface area contributed by atoms with Gasteiger partial charge in [0, 0.05) is 7.05 Å². The van der Waals surface area contributed by atoms with Crippen molar-refractivity contribution in [2.45, 2.75) is 25.6 Å². The Kier molecular flexibility index (Phi) is 6.64. The van der Waals surface area contributed by atoms with Crippen molar-refractivity contribution in [2.75, 3.05) is 31.7 Å². The molecule has 0 fully saturated rings. The SMILES string of the molecule is CC(Cc1ccc(OCCN(C)c2nc3ccccc3o2)cc1)OCC(F)(F)F. The zero-order chi connectivity index (χ0) is 20.9. The van der Waals surface area contributed by atoms with Crippen molar-refractivity contribution in [3.63, 3.8) is 0 Å². The Labute approximate surface area is 167 Å². The summed E-state index contributed by atoms with van der Waals surface area (Å²) in [6, 6.07) is 15.3. The van der Waals surface area contributed by atoms with Crippen LogP contribution in [0.1, 0.15) is 12.5 Å². The van der Waals surface area contributed by atoms with Gasteiger partial charge < -0.3 is 18.8 Å². The zero-order valence-corrected chi connectivity index (χ0v) is 16.3. The number of likely N-dealkylation sites (N-methyl/N-ethyl adjacent to an activating group) is 1. The highest BCUT2D eigenvalue weighted by Gasteiger charge is 2.28. The molecule has 0 N–H and O–H groups in total. The highest BCUT2D eigenvalue weighted by molar-refractivity contribution is 5.74. The number of fused-ring (bicyclic) bond motifs is 1. The number of hydrogen-bond donors (Lipinski definition) is 0. The maximum atomic E-state index is 12.2. The number of rotatable bonds is 9. The largest absolute Gasteiger partial charge is 0.492 e. The van der Waals surface area contributed by atoms with Gasteiger partial charge in [-0.1, -0.05) is 24.3 Å². The second kappa shape index (κ2) is 9.17. The van der Waals surface area contributed by atoms with Gasteiger partial charge in [0.1, 0.15) is 24.5 Å². The van der Waals surface area contributed by atoms with E-state index in [2.05, 4.69) is 4.98 Å². The molecule has 0 aliphatic heterocycles. The summed E-state index contributed by atoms with van der Waals surface area (Å²) in [4.78, 5) is 6.30. The van der Waals surface area contributed by atoms with Gasteiger partial charge in [-0.15, -0.1) is 0 Å². The predicted octanol–water partition coefficient (Wildman–Crippen LogP) is 4.85. The Morgan fingerprint density at radius 2 is 1.83 bits per heavy atom. The first-order chi connectivity index (χ1) is 13.8. The van der Waals surface area contributed by atoms with Crippen LogP contribution in [0.2, 0.25) is 0 Å². The molecule has 3 aromatic rings. The van der Waals surface area contributed by atoms with E-state index in [1.54, 1.807) is 19.1 Å². The van der Waals surface area contributed by atoms with Gasteiger partial charge in [-0.05, 0) is 43.2 Å². The van der Waals surface area contributed by atoms with Crippen LogP contribution in [-0.2, 0) is 11.2 Å². The Morgan fingerprint density at radius 3 is 2.52 bits per heavy atom. The fraction of sp³-hybridized carbons (Fsp3) is 0.381. The van der Waals surface area contributed by atoms with Crippen LogP contribution in [0.15, 0.2) is 52.9 Å². The smallest absolute Gasteiger partial charge is 0.411 e. The zero-order valence-electron chi connectivity index (χ0n) is 16.3. The van der Waals surface area contributed by atoms with Gasteiger partial charge in [0.15, 0.2) is 5.58 Å². The number of para-hydroxylation sites is 2. The Bertz CT molecular complexity index is 876. The van der Waals surface area contributed by atoms with Crippen LogP contribution >= 0.6 is 0 Å². The molecule has 1 heterocycles. The van der Waals surface area contributed by atoms with Crippen LogP contribution in [0.4, 0.5) is 19.2 Å². The number of hydrogen-bond acceptors (Lipinski definition) is 5. The molecule has 156 valence electrons. The van der Waals surface area contributed by atoms with E-state index in [0.717, 1.165) is 16.7 Å². The summed E-state index contributed by atoms with van der Waals surface area (Å²) < 4.78 is 52.8. The molecule has 0 bridgehead atoms. The molecule has 0 spiro atoms. The topological polar surface area (TPSA) is 47.7 Å². The van der Waals surface area contributed by atoms with E-state index in [0.29, 0.717) is 31.3 Å². The van der Waals surface area contributed by atoms with E-state index < -0.39 is 18.9 Å². The van der Waals surface area contributed by atoms with Gasteiger partial charge in [0.2, 0.25) is 0 Å². The number of anilines is 1. The first-order valence-electron chi connectivity index (χ1n) is 9.27. The quantitative estimate of drug-likeness (QED) is 0.506. The highest BCUT2D eigenvalue weighted by Crippen LogP contribution is 2.21. The van der Waals surface area contributed by atoms with Crippen molar-refractivity contribution >= 4 is 17.1 Å². The van der Waals surface area contributed by atoms with E-state index >= 15 is 0 Å². The molecule has 0 saturated heterocycles. The van der Waals surface area contributed by atoms with Gasteiger partial charge in [-0.25, -0.2) is 0 Å². The second-order valence-corrected chi connectivity index (χ2v) is 6.82. The van der Waals surface area contributed by atoms with Crippen LogP contribution in [0.5, 0.6) is 5.75 Å². The van der Waals surface area contributed by atoms with Gasteiger partial charge in [-0.3, -0.25) is 0 Å². The third-order valence-electron chi connectivity index (χ3n) is 4.28. The molecule has 1 atom stereocenters. The molecule has 1 unspecified atom stereocenters. The number of ether oxygens (including phenoxy) is 2. The molecule has 29 heavy (non-hydrogen) atoms. The molecule has 3 rings (SSSR count). The van der Waals surface area contributed by atoms with Crippen LogP contribution in [0, 0.1) is 0 Å². The number of nitrogens with zero attached hydrogens (tertiary/aromatic N) is 2. The molecule has 0 radical (unpaired) electrons. The normalized spacial score (nSPS) is 12.9. The molecule has 0 aliphatic rings. The summed E-state index contributed by atoms with van der Waals surface area (Å²) in [6.07, 6.45) is -4.43. The monoisotopic (exact) mass is 408 g/mol. The minimum atomic E-state index is -4.31. The molecule has 0 aliphatic carbocycles. The standard InChI is InChI=1S/C21H23F3N2O3/c1-15(28-14-21(22,23)24)13-16-7-9-17(10-8-16)27-12-11-26(2)20-25-18-5-3-4-6-19(18)29-20/h3-10,15H,11-14H2,1-2H3. The average Bonchev–Trinajstić information content (AvgIpc) is 3.11. The fourth-order valence-corrected chi connectivity index (χ4v) is 2.77. The maximum Gasteiger partial charge on any atom is 0.411 e. The summed E-state index contributed by atoms with van der Waals surface area (Å²) in [5.74, 6) is 0.684. The second-order valence-electron chi connectivity index (χ2n) is 6.82. The van der Waals surface area contributed by atoms with E-state index in [1.165, 1.54) is 0 Å². The van der Waals surface area contributed by atoms with Gasteiger partial charge in [-0.2, -0.15) is 18.2 Å². The van der Waals surface area contributed by atoms with Gasteiger partial charge in [0.05, 0.1) is 12.6 Å². The van der Waals surface area contributed by atoms with Crippen molar-refractivity contribution < 1.29 is 27.1 Å². The lowest BCUT2D eigenvalue weighted by Gasteiger charge is -2.16. The van der Waals surface area contributed by atoms with E-state index in [4.69, 9.17) is 13.9 Å². The molecule has 2 aromatic carbocycles. The van der Waals surface area contributed by atoms with Gasteiger partial charge >= 0.3 is 6.18 Å². The summed E-state index contributed by atoms with van der Waals surface area (Å²) in [5, 5.41) is 0. The number of halogens is 3. The van der Waals surface area contributed by atoms with Crippen molar-refractivity contribution in [1.82, 2.24) is 4.98 Å². The van der Waals surface area contributed by atoms with Crippen molar-refractivity contribution in [3.8, 4) is 5.75 Å². The Morgan fingerprint density at radius 1 is 1.10 bits per heavy atom. The molecule has 8 heteroatoms. The van der Waals surface area contributed by atoms with E-state index in [1.807, 2.05) is 48.3 Å². The summed E-state index contributed by atoms with van der Waals surface area (Å²) in [7, 11) is 1.87.